The van der Waals surface area contributed by atoms with Crippen molar-refractivity contribution in [1.82, 2.24) is 5.43 Å². The van der Waals surface area contributed by atoms with Crippen molar-refractivity contribution in [2.75, 3.05) is 0 Å². The van der Waals surface area contributed by atoms with Crippen LogP contribution >= 0.6 is 0 Å². The highest BCUT2D eigenvalue weighted by molar-refractivity contribution is 5.86. The van der Waals surface area contributed by atoms with Gasteiger partial charge < -0.3 is 0 Å². The Morgan fingerprint density at radius 2 is 1.78 bits per heavy atom. The second-order valence-electron chi connectivity index (χ2n) is 5.03. The van der Waals surface area contributed by atoms with E-state index >= 15 is 0 Å². The fourth-order valence-corrected chi connectivity index (χ4v) is 2.35. The van der Waals surface area contributed by atoms with Crippen LogP contribution in [-0.4, -0.2) is 0 Å². The highest BCUT2D eigenvalue weighted by Gasteiger charge is 2.15. The molecule has 96 valence electrons. The van der Waals surface area contributed by atoms with Crippen LogP contribution in [0.5, 0.6) is 0 Å². The molecule has 0 saturated heterocycles. The number of benzene rings is 2. The number of rotatable bonds is 4. The number of halogens is 1. The molecule has 0 bridgehead atoms. The molecule has 0 aliphatic heterocycles. The van der Waals surface area contributed by atoms with E-state index in [2.05, 4.69) is 19.3 Å². The number of nitrogens with two attached hydrogens (primary N) is 1. The van der Waals surface area contributed by atoms with E-state index in [9.17, 15) is 4.39 Å². The summed E-state index contributed by atoms with van der Waals surface area (Å²) in [6.07, 6.45) is 0.923. The third-order valence-electron chi connectivity index (χ3n) is 3.19. The Kier molecular flexibility index (Phi) is 3.94. The molecule has 2 rings (SSSR count). The molecule has 18 heavy (non-hydrogen) atoms. The first-order valence-corrected chi connectivity index (χ1v) is 6.26. The van der Waals surface area contributed by atoms with Gasteiger partial charge in [-0.1, -0.05) is 44.2 Å². The molecule has 0 aromatic heterocycles. The molecule has 0 aliphatic rings. The number of hydrazine groups is 1. The molecule has 1 unspecified atom stereocenters. The number of hydrogen-bond donors (Lipinski definition) is 2. The third-order valence-corrected chi connectivity index (χ3v) is 3.19. The first kappa shape index (κ1) is 13.0. The maximum Gasteiger partial charge on any atom is 0.131 e. The Hall–Kier alpha value is -1.45. The van der Waals surface area contributed by atoms with E-state index in [0.29, 0.717) is 11.3 Å². The van der Waals surface area contributed by atoms with Gasteiger partial charge in [0.1, 0.15) is 5.82 Å². The highest BCUT2D eigenvalue weighted by Crippen LogP contribution is 2.29. The second-order valence-corrected chi connectivity index (χ2v) is 5.03. The Bertz CT molecular complexity index is 537. The molecule has 0 aliphatic carbocycles. The normalized spacial score (nSPS) is 13.2. The Labute approximate surface area is 107 Å². The van der Waals surface area contributed by atoms with Crippen molar-refractivity contribution in [2.24, 2.45) is 11.8 Å². The minimum Gasteiger partial charge on any atom is -0.271 e. The van der Waals surface area contributed by atoms with Crippen molar-refractivity contribution in [3.8, 4) is 0 Å². The first-order valence-electron chi connectivity index (χ1n) is 6.26. The molecule has 0 spiro atoms. The van der Waals surface area contributed by atoms with E-state index in [1.165, 1.54) is 6.07 Å². The quantitative estimate of drug-likeness (QED) is 0.639. The van der Waals surface area contributed by atoms with E-state index in [4.69, 9.17) is 5.84 Å². The van der Waals surface area contributed by atoms with Gasteiger partial charge in [-0.2, -0.15) is 0 Å². The van der Waals surface area contributed by atoms with Crippen LogP contribution in [0.3, 0.4) is 0 Å². The number of nitrogens with one attached hydrogen (secondary N) is 1. The average Bonchev–Trinajstić information content (AvgIpc) is 2.37. The summed E-state index contributed by atoms with van der Waals surface area (Å²) in [6, 6.07) is 10.9. The molecule has 1 atom stereocenters. The SMILES string of the molecule is CC(C)CC(NN)c1ccc(F)c2ccccc12. The molecule has 0 heterocycles. The minimum absolute atomic E-state index is 0.0514. The van der Waals surface area contributed by atoms with Crippen LogP contribution in [0, 0.1) is 11.7 Å². The Morgan fingerprint density at radius 1 is 1.11 bits per heavy atom. The molecule has 2 nitrogen and oxygen atoms in total. The van der Waals surface area contributed by atoms with E-state index in [1.54, 1.807) is 6.07 Å². The van der Waals surface area contributed by atoms with Gasteiger partial charge in [0.05, 0.1) is 0 Å². The smallest absolute Gasteiger partial charge is 0.131 e. The molecule has 0 saturated carbocycles. The Morgan fingerprint density at radius 3 is 2.39 bits per heavy atom. The maximum atomic E-state index is 13.7. The molecular weight excluding hydrogens is 227 g/mol. The van der Waals surface area contributed by atoms with E-state index in [-0.39, 0.29) is 11.9 Å². The molecular formula is C15H19FN2. The van der Waals surface area contributed by atoms with E-state index in [1.807, 2.05) is 24.3 Å². The zero-order valence-corrected chi connectivity index (χ0v) is 10.8. The lowest BCUT2D eigenvalue weighted by Crippen LogP contribution is -2.29. The fourth-order valence-electron chi connectivity index (χ4n) is 2.35. The van der Waals surface area contributed by atoms with Crippen molar-refractivity contribution >= 4 is 10.8 Å². The predicted molar refractivity (Wildman–Crippen MR) is 73.4 cm³/mol. The largest absolute Gasteiger partial charge is 0.271 e. The van der Waals surface area contributed by atoms with Crippen LogP contribution in [0.4, 0.5) is 4.39 Å². The summed E-state index contributed by atoms with van der Waals surface area (Å²) in [5.41, 5.74) is 3.90. The molecule has 0 amide bonds. The van der Waals surface area contributed by atoms with Crippen molar-refractivity contribution in [2.45, 2.75) is 26.3 Å². The van der Waals surface area contributed by atoms with Crippen LogP contribution in [0.1, 0.15) is 31.9 Å². The third kappa shape index (κ3) is 2.52. The standard InChI is InChI=1S/C15H19FN2/c1-10(2)9-15(18-17)13-7-8-14(16)12-6-4-3-5-11(12)13/h3-8,10,15,18H,9,17H2,1-2H3. The fraction of sp³-hybridized carbons (Fsp3) is 0.333. The minimum atomic E-state index is -0.185. The number of hydrogen-bond acceptors (Lipinski definition) is 2. The van der Waals surface area contributed by atoms with Gasteiger partial charge in [0.15, 0.2) is 0 Å². The van der Waals surface area contributed by atoms with E-state index in [0.717, 1.165) is 17.4 Å². The molecule has 3 N–H and O–H groups in total. The van der Waals surface area contributed by atoms with Crippen molar-refractivity contribution in [3.63, 3.8) is 0 Å². The van der Waals surface area contributed by atoms with Crippen molar-refractivity contribution < 1.29 is 4.39 Å². The first-order chi connectivity index (χ1) is 8.63. The van der Waals surface area contributed by atoms with Gasteiger partial charge in [0.25, 0.3) is 0 Å². The van der Waals surface area contributed by atoms with Gasteiger partial charge in [-0.3, -0.25) is 11.3 Å². The lowest BCUT2D eigenvalue weighted by molar-refractivity contribution is 0.440. The summed E-state index contributed by atoms with van der Waals surface area (Å²) >= 11 is 0. The van der Waals surface area contributed by atoms with Crippen LogP contribution < -0.4 is 11.3 Å². The zero-order chi connectivity index (χ0) is 13.1. The molecule has 2 aromatic rings. The summed E-state index contributed by atoms with van der Waals surface area (Å²) < 4.78 is 13.7. The van der Waals surface area contributed by atoms with Gasteiger partial charge in [0, 0.05) is 11.4 Å². The highest BCUT2D eigenvalue weighted by atomic mass is 19.1. The van der Waals surface area contributed by atoms with E-state index < -0.39 is 0 Å². The molecule has 0 fully saturated rings. The monoisotopic (exact) mass is 246 g/mol. The van der Waals surface area contributed by atoms with Crippen LogP contribution in [0.2, 0.25) is 0 Å². The summed E-state index contributed by atoms with van der Waals surface area (Å²) in [4.78, 5) is 0. The summed E-state index contributed by atoms with van der Waals surface area (Å²) in [5.74, 6) is 5.98. The summed E-state index contributed by atoms with van der Waals surface area (Å²) in [5, 5.41) is 1.58. The predicted octanol–water partition coefficient (Wildman–Crippen LogP) is 3.53. The molecule has 0 radical (unpaired) electrons. The maximum absolute atomic E-state index is 13.7. The van der Waals surface area contributed by atoms with Crippen LogP contribution in [0.25, 0.3) is 10.8 Å². The summed E-state index contributed by atoms with van der Waals surface area (Å²) in [6.45, 7) is 4.30. The van der Waals surface area contributed by atoms with Crippen molar-refractivity contribution in [3.05, 3.63) is 47.8 Å². The topological polar surface area (TPSA) is 38.0 Å². The molecule has 3 heteroatoms. The van der Waals surface area contributed by atoms with Crippen molar-refractivity contribution in [1.29, 1.82) is 0 Å². The van der Waals surface area contributed by atoms with Gasteiger partial charge in [0.2, 0.25) is 0 Å². The Balaban J connectivity index is 2.53. The lowest BCUT2D eigenvalue weighted by atomic mass is 9.93. The van der Waals surface area contributed by atoms with Gasteiger partial charge >= 0.3 is 0 Å². The number of fused-ring (bicyclic) bond motifs is 1. The van der Waals surface area contributed by atoms with Crippen LogP contribution in [-0.2, 0) is 0 Å². The molecule has 2 aromatic carbocycles. The zero-order valence-electron chi connectivity index (χ0n) is 10.8. The van der Waals surface area contributed by atoms with Gasteiger partial charge in [-0.15, -0.1) is 0 Å². The second kappa shape index (κ2) is 5.46. The summed E-state index contributed by atoms with van der Waals surface area (Å²) in [7, 11) is 0. The van der Waals surface area contributed by atoms with Gasteiger partial charge in [-0.05, 0) is 29.4 Å². The average molecular weight is 246 g/mol. The van der Waals surface area contributed by atoms with Crippen LogP contribution in [0.15, 0.2) is 36.4 Å². The lowest BCUT2D eigenvalue weighted by Gasteiger charge is -2.20. The van der Waals surface area contributed by atoms with Gasteiger partial charge in [-0.25, -0.2) is 4.39 Å².